The zero-order chi connectivity index (χ0) is 22.7. The highest BCUT2D eigenvalue weighted by Gasteiger charge is 2.37. The Morgan fingerprint density at radius 1 is 1.06 bits per heavy atom. The van der Waals surface area contributed by atoms with E-state index in [4.69, 9.17) is 9.57 Å². The Hall–Kier alpha value is -3.43. The van der Waals surface area contributed by atoms with Crippen LogP contribution in [0.3, 0.4) is 0 Å². The van der Waals surface area contributed by atoms with Crippen LogP contribution in [0.25, 0.3) is 11.1 Å². The van der Waals surface area contributed by atoms with Gasteiger partial charge in [0.2, 0.25) is 5.91 Å². The molecule has 0 aromatic heterocycles. The van der Waals surface area contributed by atoms with E-state index in [1.807, 2.05) is 36.4 Å². The smallest absolute Gasteiger partial charge is 0.407 e. The molecule has 1 aliphatic carbocycles. The van der Waals surface area contributed by atoms with Crippen LogP contribution in [0.2, 0.25) is 0 Å². The fourth-order valence-electron chi connectivity index (χ4n) is 4.13. The Bertz CT molecular complexity index is 981. The molecule has 9 nitrogen and oxygen atoms in total. The van der Waals surface area contributed by atoms with E-state index in [-0.39, 0.29) is 25.5 Å². The van der Waals surface area contributed by atoms with E-state index in [9.17, 15) is 14.4 Å². The molecule has 2 amide bonds. The lowest BCUT2D eigenvalue weighted by molar-refractivity contribution is -0.180. The summed E-state index contributed by atoms with van der Waals surface area (Å²) in [6, 6.07) is 16.1. The molecule has 2 atom stereocenters. The summed E-state index contributed by atoms with van der Waals surface area (Å²) in [5.41, 5.74) is 4.52. The van der Waals surface area contributed by atoms with E-state index in [0.29, 0.717) is 0 Å². The predicted molar refractivity (Wildman–Crippen MR) is 114 cm³/mol. The standard InChI is InChI=1S/C23H25N3O6/c1-26-20(11-19(32-26)22(28)30-2)25-21(27)12-24-23(29)31-13-18-16-9-5-3-7-14(16)15-8-4-6-10-17(15)18/h3-10,18-20H,11-13H2,1-2H3,(H,24,29)(H,25,27)/t19-,20+/m1/s1. The van der Waals surface area contributed by atoms with Gasteiger partial charge in [-0.1, -0.05) is 48.5 Å². The van der Waals surface area contributed by atoms with Crippen LogP contribution in [-0.4, -0.2) is 62.6 Å². The highest BCUT2D eigenvalue weighted by molar-refractivity contribution is 5.83. The number of benzene rings is 2. The van der Waals surface area contributed by atoms with Crippen LogP contribution < -0.4 is 10.6 Å². The molecule has 1 aliphatic heterocycles. The molecule has 9 heteroatoms. The van der Waals surface area contributed by atoms with Gasteiger partial charge in [0.05, 0.1) is 7.11 Å². The monoisotopic (exact) mass is 439 g/mol. The Morgan fingerprint density at radius 2 is 1.69 bits per heavy atom. The first-order chi connectivity index (χ1) is 15.5. The zero-order valence-corrected chi connectivity index (χ0v) is 17.9. The van der Waals surface area contributed by atoms with Crippen molar-refractivity contribution in [1.82, 2.24) is 15.7 Å². The molecule has 0 radical (unpaired) electrons. The van der Waals surface area contributed by atoms with Crippen LogP contribution in [0, 0.1) is 0 Å². The third-order valence-electron chi connectivity index (χ3n) is 5.70. The SMILES string of the molecule is COC(=O)[C@H]1C[C@@H](NC(=O)CNC(=O)OCC2c3ccccc3-c3ccccc32)N(C)O1. The van der Waals surface area contributed by atoms with Crippen LogP contribution in [0.15, 0.2) is 48.5 Å². The molecular formula is C23H25N3O6. The Morgan fingerprint density at radius 3 is 2.31 bits per heavy atom. The first-order valence-corrected chi connectivity index (χ1v) is 10.3. The van der Waals surface area contributed by atoms with Crippen molar-refractivity contribution in [2.24, 2.45) is 0 Å². The van der Waals surface area contributed by atoms with Crippen molar-refractivity contribution in [2.75, 3.05) is 27.3 Å². The predicted octanol–water partition coefficient (Wildman–Crippen LogP) is 1.78. The molecule has 1 saturated heterocycles. The van der Waals surface area contributed by atoms with Crippen molar-refractivity contribution in [3.63, 3.8) is 0 Å². The van der Waals surface area contributed by atoms with Gasteiger partial charge in [0.25, 0.3) is 0 Å². The summed E-state index contributed by atoms with van der Waals surface area (Å²) in [5.74, 6) is -0.989. The first-order valence-electron chi connectivity index (χ1n) is 10.3. The molecular weight excluding hydrogens is 414 g/mol. The maximum atomic E-state index is 12.2. The first kappa shape index (κ1) is 21.8. The summed E-state index contributed by atoms with van der Waals surface area (Å²) in [4.78, 5) is 41.3. The average molecular weight is 439 g/mol. The number of esters is 1. The van der Waals surface area contributed by atoms with E-state index < -0.39 is 30.2 Å². The molecule has 2 aliphatic rings. The molecule has 2 aromatic carbocycles. The molecule has 0 saturated carbocycles. The van der Waals surface area contributed by atoms with Crippen LogP contribution >= 0.6 is 0 Å². The van der Waals surface area contributed by atoms with E-state index >= 15 is 0 Å². The minimum absolute atomic E-state index is 0.0541. The van der Waals surface area contributed by atoms with Gasteiger partial charge in [-0.05, 0) is 22.3 Å². The Balaban J connectivity index is 1.26. The Labute approximate surface area is 185 Å². The number of alkyl carbamates (subject to hydrolysis) is 1. The van der Waals surface area contributed by atoms with Crippen molar-refractivity contribution in [1.29, 1.82) is 0 Å². The Kier molecular flexibility index (Phi) is 6.38. The quantitative estimate of drug-likeness (QED) is 0.661. The molecule has 0 bridgehead atoms. The maximum absolute atomic E-state index is 12.2. The van der Waals surface area contributed by atoms with Gasteiger partial charge in [-0.3, -0.25) is 9.63 Å². The van der Waals surface area contributed by atoms with Gasteiger partial charge in [-0.25, -0.2) is 9.59 Å². The second-order valence-corrected chi connectivity index (χ2v) is 7.66. The molecule has 2 aromatic rings. The highest BCUT2D eigenvalue weighted by atomic mass is 16.7. The minimum atomic E-state index is -0.773. The molecule has 1 fully saturated rings. The zero-order valence-electron chi connectivity index (χ0n) is 17.9. The lowest BCUT2D eigenvalue weighted by Gasteiger charge is -2.19. The maximum Gasteiger partial charge on any atom is 0.407 e. The molecule has 1 heterocycles. The van der Waals surface area contributed by atoms with E-state index in [1.165, 1.54) is 12.2 Å². The lowest BCUT2D eigenvalue weighted by Crippen LogP contribution is -2.46. The summed E-state index contributed by atoms with van der Waals surface area (Å²) < 4.78 is 10.1. The van der Waals surface area contributed by atoms with Crippen LogP contribution in [0.5, 0.6) is 0 Å². The van der Waals surface area contributed by atoms with Gasteiger partial charge >= 0.3 is 12.1 Å². The number of ether oxygens (including phenoxy) is 2. The van der Waals surface area contributed by atoms with Crippen LogP contribution in [0.4, 0.5) is 4.79 Å². The summed E-state index contributed by atoms with van der Waals surface area (Å²) in [6.07, 6.45) is -1.70. The number of nitrogens with zero attached hydrogens (tertiary/aromatic N) is 1. The third kappa shape index (κ3) is 4.44. The largest absolute Gasteiger partial charge is 0.467 e. The summed E-state index contributed by atoms with van der Waals surface area (Å²) in [5, 5.41) is 6.55. The van der Waals surface area contributed by atoms with E-state index in [0.717, 1.165) is 22.3 Å². The second-order valence-electron chi connectivity index (χ2n) is 7.66. The fourth-order valence-corrected chi connectivity index (χ4v) is 4.13. The highest BCUT2D eigenvalue weighted by Crippen LogP contribution is 2.44. The van der Waals surface area contributed by atoms with Gasteiger partial charge in [0.1, 0.15) is 19.3 Å². The number of hydrogen-bond acceptors (Lipinski definition) is 7. The average Bonchev–Trinajstić information content (AvgIpc) is 3.33. The van der Waals surface area contributed by atoms with Gasteiger partial charge < -0.3 is 20.1 Å². The number of methoxy groups -OCH3 is 1. The number of rotatable bonds is 6. The third-order valence-corrected chi connectivity index (χ3v) is 5.70. The van der Waals surface area contributed by atoms with Gasteiger partial charge in [-0.15, -0.1) is 0 Å². The second kappa shape index (κ2) is 9.37. The molecule has 4 rings (SSSR count). The number of nitrogens with one attached hydrogen (secondary N) is 2. The van der Waals surface area contributed by atoms with Crippen molar-refractivity contribution in [2.45, 2.75) is 24.6 Å². The fraction of sp³-hybridized carbons (Fsp3) is 0.348. The van der Waals surface area contributed by atoms with E-state index in [2.05, 4.69) is 27.5 Å². The number of carbonyl (C=O) groups excluding carboxylic acids is 3. The van der Waals surface area contributed by atoms with Gasteiger partial charge in [-0.2, -0.15) is 5.06 Å². The van der Waals surface area contributed by atoms with Crippen LogP contribution in [-0.2, 0) is 23.9 Å². The summed E-state index contributed by atoms with van der Waals surface area (Å²) in [6.45, 7) is -0.0919. The normalized spacial score (nSPS) is 19.7. The molecule has 2 N–H and O–H groups in total. The van der Waals surface area contributed by atoms with Gasteiger partial charge in [0, 0.05) is 19.4 Å². The summed E-state index contributed by atoms with van der Waals surface area (Å²) >= 11 is 0. The molecule has 168 valence electrons. The number of hydrogen-bond donors (Lipinski definition) is 2. The number of amides is 2. The van der Waals surface area contributed by atoms with Gasteiger partial charge in [0.15, 0.2) is 6.10 Å². The van der Waals surface area contributed by atoms with E-state index in [1.54, 1.807) is 7.05 Å². The minimum Gasteiger partial charge on any atom is -0.467 e. The molecule has 32 heavy (non-hydrogen) atoms. The van der Waals surface area contributed by atoms with Crippen LogP contribution in [0.1, 0.15) is 23.5 Å². The van der Waals surface area contributed by atoms with Crippen molar-refractivity contribution >= 4 is 18.0 Å². The number of hydroxylamine groups is 2. The number of fused-ring (bicyclic) bond motifs is 3. The molecule has 0 spiro atoms. The summed E-state index contributed by atoms with van der Waals surface area (Å²) in [7, 11) is 2.88. The van der Waals surface area contributed by atoms with Crippen molar-refractivity contribution < 1.29 is 28.7 Å². The molecule has 0 unspecified atom stereocenters. The van der Waals surface area contributed by atoms with Crippen molar-refractivity contribution in [3.05, 3.63) is 59.7 Å². The van der Waals surface area contributed by atoms with Crippen molar-refractivity contribution in [3.8, 4) is 11.1 Å². The lowest BCUT2D eigenvalue weighted by atomic mass is 9.98. The topological polar surface area (TPSA) is 106 Å². The number of carbonyl (C=O) groups is 3.